The summed E-state index contributed by atoms with van der Waals surface area (Å²) in [5.74, 6) is 0.840. The van der Waals surface area contributed by atoms with E-state index >= 15 is 0 Å². The van der Waals surface area contributed by atoms with Crippen LogP contribution in [-0.4, -0.2) is 19.0 Å². The van der Waals surface area contributed by atoms with Gasteiger partial charge in [0.05, 0.1) is 7.11 Å². The van der Waals surface area contributed by atoms with Gasteiger partial charge in [0.2, 0.25) is 0 Å². The number of methoxy groups -OCH3 is 1. The van der Waals surface area contributed by atoms with Gasteiger partial charge in [0.15, 0.2) is 0 Å². The zero-order chi connectivity index (χ0) is 11.6. The average molecular weight is 272 g/mol. The van der Waals surface area contributed by atoms with Crippen LogP contribution in [0.25, 0.3) is 0 Å². The molecule has 15 heavy (non-hydrogen) atoms. The van der Waals surface area contributed by atoms with Gasteiger partial charge >= 0.3 is 0 Å². The quantitative estimate of drug-likeness (QED) is 0.611. The van der Waals surface area contributed by atoms with Crippen LogP contribution in [0.15, 0.2) is 12.1 Å². The van der Waals surface area contributed by atoms with Gasteiger partial charge in [-0.15, -0.1) is 0 Å². The highest BCUT2D eigenvalue weighted by atomic mass is 79.9. The second-order valence-electron chi connectivity index (χ2n) is 3.35. The lowest BCUT2D eigenvalue weighted by atomic mass is 10.1. The number of hydrogen-bond donors (Lipinski definition) is 0. The number of amides is 1. The number of rotatable bonds is 2. The van der Waals surface area contributed by atoms with Crippen LogP contribution in [-0.2, 0) is 0 Å². The van der Waals surface area contributed by atoms with E-state index in [4.69, 9.17) is 4.74 Å². The number of hydrogen-bond acceptors (Lipinski definition) is 2. The molecular weight excluding hydrogens is 258 g/mol. The zero-order valence-electron chi connectivity index (χ0n) is 9.30. The minimum atomic E-state index is -0.157. The SMILES string of the molecule is COc1ccc(N(C)C(=O)Br)c(C)c1C. The molecule has 0 saturated heterocycles. The van der Waals surface area contributed by atoms with E-state index in [1.807, 2.05) is 26.0 Å². The Labute approximate surface area is 98.2 Å². The Kier molecular flexibility index (Phi) is 3.74. The highest BCUT2D eigenvalue weighted by molar-refractivity contribution is 9.18. The normalized spacial score (nSPS) is 9.93. The third-order valence-electron chi connectivity index (χ3n) is 2.55. The molecule has 1 aromatic carbocycles. The van der Waals surface area contributed by atoms with Crippen LogP contribution in [0.5, 0.6) is 5.75 Å². The van der Waals surface area contributed by atoms with E-state index in [0.29, 0.717) is 0 Å². The molecule has 0 heterocycles. The van der Waals surface area contributed by atoms with Crippen LogP contribution in [0.1, 0.15) is 11.1 Å². The summed E-state index contributed by atoms with van der Waals surface area (Å²) < 4.78 is 5.21. The first-order valence-corrected chi connectivity index (χ1v) is 5.35. The van der Waals surface area contributed by atoms with Gasteiger partial charge in [0.25, 0.3) is 4.82 Å². The van der Waals surface area contributed by atoms with E-state index in [9.17, 15) is 4.79 Å². The molecule has 1 rings (SSSR count). The van der Waals surface area contributed by atoms with Crippen molar-refractivity contribution in [1.29, 1.82) is 0 Å². The third kappa shape index (κ3) is 2.31. The summed E-state index contributed by atoms with van der Waals surface area (Å²) in [6.07, 6.45) is 0. The second-order valence-corrected chi connectivity index (χ2v) is 4.03. The molecule has 1 aromatic rings. The third-order valence-corrected chi connectivity index (χ3v) is 3.09. The molecule has 0 aliphatic heterocycles. The van der Waals surface area contributed by atoms with Crippen LogP contribution >= 0.6 is 15.9 Å². The summed E-state index contributed by atoms with van der Waals surface area (Å²) in [6.45, 7) is 3.95. The number of ether oxygens (including phenoxy) is 1. The van der Waals surface area contributed by atoms with Crippen LogP contribution < -0.4 is 9.64 Å². The largest absolute Gasteiger partial charge is 0.496 e. The summed E-state index contributed by atoms with van der Waals surface area (Å²) in [5, 5.41) is 0. The maximum absolute atomic E-state index is 11.2. The Morgan fingerprint density at radius 2 is 1.93 bits per heavy atom. The fourth-order valence-corrected chi connectivity index (χ4v) is 1.65. The van der Waals surface area contributed by atoms with Gasteiger partial charge in [0, 0.05) is 28.7 Å². The smallest absolute Gasteiger partial charge is 0.293 e. The summed E-state index contributed by atoms with van der Waals surface area (Å²) in [5.41, 5.74) is 2.98. The molecule has 0 fully saturated rings. The summed E-state index contributed by atoms with van der Waals surface area (Å²) in [7, 11) is 3.37. The Morgan fingerprint density at radius 3 is 2.40 bits per heavy atom. The maximum Gasteiger partial charge on any atom is 0.293 e. The molecule has 82 valence electrons. The molecule has 0 saturated carbocycles. The predicted molar refractivity (Wildman–Crippen MR) is 65.2 cm³/mol. The van der Waals surface area contributed by atoms with Crippen molar-refractivity contribution in [3.05, 3.63) is 23.3 Å². The lowest BCUT2D eigenvalue weighted by molar-refractivity contribution is 0.267. The molecule has 0 spiro atoms. The number of carbonyl (C=O) groups is 1. The first-order valence-electron chi connectivity index (χ1n) is 4.56. The van der Waals surface area contributed by atoms with E-state index in [-0.39, 0.29) is 4.82 Å². The Bertz CT molecular complexity index is 390. The number of halogens is 1. The van der Waals surface area contributed by atoms with E-state index in [1.54, 1.807) is 19.1 Å². The lowest BCUT2D eigenvalue weighted by Crippen LogP contribution is -2.20. The molecule has 0 aliphatic rings. The van der Waals surface area contributed by atoms with Crippen LogP contribution in [0.2, 0.25) is 0 Å². The van der Waals surface area contributed by atoms with Gasteiger partial charge in [-0.25, -0.2) is 0 Å². The van der Waals surface area contributed by atoms with Gasteiger partial charge in [-0.05, 0) is 37.1 Å². The summed E-state index contributed by atoms with van der Waals surface area (Å²) in [6, 6.07) is 3.74. The molecule has 0 bridgehead atoms. The van der Waals surface area contributed by atoms with E-state index < -0.39 is 0 Å². The van der Waals surface area contributed by atoms with Gasteiger partial charge in [-0.3, -0.25) is 4.79 Å². The van der Waals surface area contributed by atoms with Crippen LogP contribution in [0.4, 0.5) is 10.5 Å². The van der Waals surface area contributed by atoms with Gasteiger partial charge in [0.1, 0.15) is 5.75 Å². The van der Waals surface area contributed by atoms with Crippen LogP contribution in [0, 0.1) is 13.8 Å². The van der Waals surface area contributed by atoms with Crippen molar-refractivity contribution < 1.29 is 9.53 Å². The standard InChI is InChI=1S/C11H14BrNO2/c1-7-8(2)10(15-4)6-5-9(7)13(3)11(12)14/h5-6H,1-4H3. The molecule has 3 nitrogen and oxygen atoms in total. The summed E-state index contributed by atoms with van der Waals surface area (Å²) >= 11 is 2.93. The van der Waals surface area contributed by atoms with Crippen LogP contribution in [0.3, 0.4) is 0 Å². The average Bonchev–Trinajstić information content (AvgIpc) is 2.21. The molecule has 1 amide bonds. The first-order chi connectivity index (χ1) is 6.99. The Balaban J connectivity index is 3.23. The topological polar surface area (TPSA) is 29.5 Å². The van der Waals surface area contributed by atoms with Crippen molar-refractivity contribution in [3.8, 4) is 5.75 Å². The fraction of sp³-hybridized carbons (Fsp3) is 0.364. The second kappa shape index (κ2) is 4.66. The van der Waals surface area contributed by atoms with E-state index in [2.05, 4.69) is 15.9 Å². The minimum Gasteiger partial charge on any atom is -0.496 e. The van der Waals surface area contributed by atoms with E-state index in [1.165, 1.54) is 0 Å². The first kappa shape index (κ1) is 12.0. The maximum atomic E-state index is 11.2. The Hall–Kier alpha value is -1.03. The van der Waals surface area contributed by atoms with Crippen molar-refractivity contribution in [3.63, 3.8) is 0 Å². The van der Waals surface area contributed by atoms with Crippen molar-refractivity contribution in [1.82, 2.24) is 0 Å². The number of benzene rings is 1. The number of nitrogens with zero attached hydrogens (tertiary/aromatic N) is 1. The van der Waals surface area contributed by atoms with Gasteiger partial charge < -0.3 is 9.64 Å². The van der Waals surface area contributed by atoms with Gasteiger partial charge in [-0.1, -0.05) is 0 Å². The Morgan fingerprint density at radius 1 is 1.33 bits per heavy atom. The predicted octanol–water partition coefficient (Wildman–Crippen LogP) is 3.26. The van der Waals surface area contributed by atoms with Crippen molar-refractivity contribution >= 4 is 26.4 Å². The van der Waals surface area contributed by atoms with Crippen molar-refractivity contribution in [2.45, 2.75) is 13.8 Å². The molecule has 0 N–H and O–H groups in total. The van der Waals surface area contributed by atoms with Gasteiger partial charge in [-0.2, -0.15) is 0 Å². The van der Waals surface area contributed by atoms with Crippen molar-refractivity contribution in [2.24, 2.45) is 0 Å². The fourth-order valence-electron chi connectivity index (χ4n) is 1.46. The molecular formula is C11H14BrNO2. The zero-order valence-corrected chi connectivity index (χ0v) is 10.9. The minimum absolute atomic E-state index is 0.157. The number of carbonyl (C=O) groups excluding carboxylic acids is 1. The molecule has 0 aliphatic carbocycles. The molecule has 0 radical (unpaired) electrons. The highest BCUT2D eigenvalue weighted by Crippen LogP contribution is 2.29. The van der Waals surface area contributed by atoms with Crippen molar-refractivity contribution in [2.75, 3.05) is 19.1 Å². The molecule has 0 aromatic heterocycles. The number of anilines is 1. The molecule has 0 unspecified atom stereocenters. The van der Waals surface area contributed by atoms with E-state index in [0.717, 1.165) is 22.6 Å². The monoisotopic (exact) mass is 271 g/mol. The summed E-state index contributed by atoms with van der Waals surface area (Å²) in [4.78, 5) is 12.6. The molecule has 0 atom stereocenters. The molecule has 4 heteroatoms. The lowest BCUT2D eigenvalue weighted by Gasteiger charge is -2.19. The highest BCUT2D eigenvalue weighted by Gasteiger charge is 2.13.